The summed E-state index contributed by atoms with van der Waals surface area (Å²) in [5, 5.41) is 10.4. The van der Waals surface area contributed by atoms with E-state index >= 15 is 0 Å². The van der Waals surface area contributed by atoms with Crippen molar-refractivity contribution in [3.05, 3.63) is 0 Å². The van der Waals surface area contributed by atoms with E-state index in [0.29, 0.717) is 0 Å². The zero-order chi connectivity index (χ0) is 9.52. The van der Waals surface area contributed by atoms with Gasteiger partial charge in [0.1, 0.15) is 0 Å². The fourth-order valence-corrected chi connectivity index (χ4v) is 1.75. The molecule has 3 nitrogen and oxygen atoms in total. The van der Waals surface area contributed by atoms with Gasteiger partial charge in [0.25, 0.3) is 0 Å². The molecule has 0 aromatic rings. The van der Waals surface area contributed by atoms with Gasteiger partial charge in [-0.15, -0.1) is 0 Å². The van der Waals surface area contributed by atoms with Crippen LogP contribution in [0.2, 0.25) is 0 Å². The number of hydrogen-bond donors (Lipinski definition) is 0. The summed E-state index contributed by atoms with van der Waals surface area (Å²) in [5.74, 6) is 0. The minimum absolute atomic E-state index is 0.0506. The number of unbranched alkanes of at least 4 members (excludes halogenated alkanes) is 1. The van der Waals surface area contributed by atoms with Gasteiger partial charge in [0.2, 0.25) is 0 Å². The summed E-state index contributed by atoms with van der Waals surface area (Å²) in [6.07, 6.45) is 2.59. The summed E-state index contributed by atoms with van der Waals surface area (Å²) < 4.78 is 0. The van der Waals surface area contributed by atoms with Crippen molar-refractivity contribution in [3.63, 3.8) is 0 Å². The van der Waals surface area contributed by atoms with E-state index in [1.54, 1.807) is 0 Å². The fourth-order valence-electron chi connectivity index (χ4n) is 1.75. The Morgan fingerprint density at radius 1 is 1.00 bits per heavy atom. The second kappa shape index (κ2) is 6.35. The van der Waals surface area contributed by atoms with E-state index in [4.69, 9.17) is 0 Å². The average Bonchev–Trinajstić information content (AvgIpc) is 2.17. The first-order valence-electron chi connectivity index (χ1n) is 5.39. The standard InChI is InChI=1S/C10H21N2O/c1-2-3-4-11-5-7-12(8-6-11)9-10-13/h2-10H2,1H3. The van der Waals surface area contributed by atoms with Crippen molar-refractivity contribution in [2.45, 2.75) is 19.8 Å². The predicted octanol–water partition coefficient (Wildman–Crippen LogP) is 0.835. The minimum Gasteiger partial charge on any atom is -0.301 e. The van der Waals surface area contributed by atoms with Gasteiger partial charge in [-0.25, -0.2) is 5.11 Å². The molecule has 0 atom stereocenters. The zero-order valence-electron chi connectivity index (χ0n) is 8.67. The number of piperazine rings is 1. The van der Waals surface area contributed by atoms with Gasteiger partial charge in [-0.05, 0) is 13.0 Å². The van der Waals surface area contributed by atoms with E-state index in [2.05, 4.69) is 16.7 Å². The van der Waals surface area contributed by atoms with Crippen LogP contribution in [0.5, 0.6) is 0 Å². The third-order valence-electron chi connectivity index (χ3n) is 2.70. The van der Waals surface area contributed by atoms with E-state index in [0.717, 1.165) is 32.7 Å². The molecule has 1 aliphatic heterocycles. The van der Waals surface area contributed by atoms with E-state index < -0.39 is 0 Å². The summed E-state index contributed by atoms with van der Waals surface area (Å²) in [6, 6.07) is 0. The second-order valence-electron chi connectivity index (χ2n) is 3.74. The normalized spacial score (nSPS) is 20.8. The van der Waals surface area contributed by atoms with Crippen LogP contribution in [0.3, 0.4) is 0 Å². The number of nitrogens with zero attached hydrogens (tertiary/aromatic N) is 2. The van der Waals surface area contributed by atoms with E-state index in [1.165, 1.54) is 19.4 Å². The first-order valence-corrected chi connectivity index (χ1v) is 5.39. The molecule has 1 rings (SSSR count). The average molecular weight is 185 g/mol. The van der Waals surface area contributed by atoms with Crippen molar-refractivity contribution in [1.82, 2.24) is 9.80 Å². The van der Waals surface area contributed by atoms with Crippen molar-refractivity contribution >= 4 is 0 Å². The summed E-state index contributed by atoms with van der Waals surface area (Å²) in [4.78, 5) is 4.78. The second-order valence-corrected chi connectivity index (χ2v) is 3.74. The highest BCUT2D eigenvalue weighted by Crippen LogP contribution is 2.02. The molecule has 0 aromatic heterocycles. The van der Waals surface area contributed by atoms with Gasteiger partial charge in [-0.2, -0.15) is 0 Å². The van der Waals surface area contributed by atoms with Crippen LogP contribution in [0.15, 0.2) is 0 Å². The van der Waals surface area contributed by atoms with Crippen molar-refractivity contribution in [2.24, 2.45) is 0 Å². The predicted molar refractivity (Wildman–Crippen MR) is 53.3 cm³/mol. The summed E-state index contributed by atoms with van der Waals surface area (Å²) >= 11 is 0. The molecule has 1 fully saturated rings. The Morgan fingerprint density at radius 3 is 2.00 bits per heavy atom. The lowest BCUT2D eigenvalue weighted by atomic mass is 10.2. The fraction of sp³-hybridized carbons (Fsp3) is 1.00. The lowest BCUT2D eigenvalue weighted by Crippen LogP contribution is -2.47. The van der Waals surface area contributed by atoms with Crippen LogP contribution in [-0.4, -0.2) is 55.7 Å². The van der Waals surface area contributed by atoms with Crippen molar-refractivity contribution in [3.8, 4) is 0 Å². The summed E-state index contributed by atoms with van der Waals surface area (Å²) in [6.45, 7) is 8.74. The first kappa shape index (κ1) is 11.0. The maximum absolute atomic E-state index is 10.4. The van der Waals surface area contributed by atoms with Crippen LogP contribution in [0.1, 0.15) is 19.8 Å². The van der Waals surface area contributed by atoms with Crippen molar-refractivity contribution < 1.29 is 5.11 Å². The number of rotatable bonds is 5. The maximum atomic E-state index is 10.4. The van der Waals surface area contributed by atoms with Gasteiger partial charge in [0, 0.05) is 32.7 Å². The molecule has 0 N–H and O–H groups in total. The molecule has 0 aliphatic carbocycles. The van der Waals surface area contributed by atoms with Crippen LogP contribution in [-0.2, 0) is 5.11 Å². The molecular weight excluding hydrogens is 164 g/mol. The van der Waals surface area contributed by atoms with Gasteiger partial charge < -0.3 is 4.90 Å². The SMILES string of the molecule is CCCCN1CCN(CC[O])CC1. The van der Waals surface area contributed by atoms with Crippen LogP contribution in [0.4, 0.5) is 0 Å². The molecule has 1 radical (unpaired) electrons. The monoisotopic (exact) mass is 185 g/mol. The molecule has 0 bridgehead atoms. The summed E-state index contributed by atoms with van der Waals surface area (Å²) in [7, 11) is 0. The molecule has 0 unspecified atom stereocenters. The molecule has 13 heavy (non-hydrogen) atoms. The zero-order valence-corrected chi connectivity index (χ0v) is 8.67. The summed E-state index contributed by atoms with van der Waals surface area (Å²) in [5.41, 5.74) is 0. The molecule has 0 amide bonds. The molecule has 3 heteroatoms. The third kappa shape index (κ3) is 4.07. The third-order valence-corrected chi connectivity index (χ3v) is 2.70. The topological polar surface area (TPSA) is 26.4 Å². The van der Waals surface area contributed by atoms with Crippen molar-refractivity contribution in [2.75, 3.05) is 45.9 Å². The molecular formula is C10H21N2O. The highest BCUT2D eigenvalue weighted by molar-refractivity contribution is 4.71. The van der Waals surface area contributed by atoms with E-state index in [9.17, 15) is 5.11 Å². The van der Waals surface area contributed by atoms with Crippen LogP contribution in [0.25, 0.3) is 0 Å². The molecule has 77 valence electrons. The molecule has 1 heterocycles. The Kier molecular flexibility index (Phi) is 5.35. The molecule has 0 spiro atoms. The Labute approximate surface area is 81.3 Å². The van der Waals surface area contributed by atoms with E-state index in [-0.39, 0.29) is 6.61 Å². The number of hydrogen-bond acceptors (Lipinski definition) is 2. The Balaban J connectivity index is 2.08. The van der Waals surface area contributed by atoms with Crippen LogP contribution in [0, 0.1) is 0 Å². The first-order chi connectivity index (χ1) is 6.36. The Bertz CT molecular complexity index is 122. The molecule has 0 aromatic carbocycles. The Hall–Kier alpha value is -0.120. The molecule has 1 saturated heterocycles. The van der Waals surface area contributed by atoms with Crippen LogP contribution < -0.4 is 0 Å². The smallest absolute Gasteiger partial charge is 0.0949 e. The highest BCUT2D eigenvalue weighted by atomic mass is 16.3. The lowest BCUT2D eigenvalue weighted by molar-refractivity contribution is 0.0918. The quantitative estimate of drug-likeness (QED) is 0.634. The maximum Gasteiger partial charge on any atom is 0.0949 e. The van der Waals surface area contributed by atoms with Crippen molar-refractivity contribution in [1.29, 1.82) is 0 Å². The largest absolute Gasteiger partial charge is 0.301 e. The van der Waals surface area contributed by atoms with Gasteiger partial charge >= 0.3 is 0 Å². The van der Waals surface area contributed by atoms with Gasteiger partial charge in [-0.1, -0.05) is 13.3 Å². The van der Waals surface area contributed by atoms with E-state index in [1.807, 2.05) is 0 Å². The van der Waals surface area contributed by atoms with Gasteiger partial charge in [-0.3, -0.25) is 4.90 Å². The van der Waals surface area contributed by atoms with Gasteiger partial charge in [0.05, 0.1) is 6.61 Å². The minimum atomic E-state index is 0.0506. The van der Waals surface area contributed by atoms with Gasteiger partial charge in [0.15, 0.2) is 0 Å². The lowest BCUT2D eigenvalue weighted by Gasteiger charge is -2.34. The molecule has 1 aliphatic rings. The highest BCUT2D eigenvalue weighted by Gasteiger charge is 2.15. The Morgan fingerprint density at radius 2 is 1.54 bits per heavy atom. The molecule has 0 saturated carbocycles. The van der Waals surface area contributed by atoms with Crippen LogP contribution >= 0.6 is 0 Å².